The van der Waals surface area contributed by atoms with Crippen LogP contribution in [0.25, 0.3) is 10.8 Å². The quantitative estimate of drug-likeness (QED) is 0.574. The first kappa shape index (κ1) is 22.0. The SMILES string of the molecule is O=C(O)[C@@H]1CCCN1C(=O)[C@@H](Cc1ccccc1)NS(=O)(=O)c1ccc2ccccc2c1. The van der Waals surface area contributed by atoms with Crippen molar-refractivity contribution in [1.82, 2.24) is 9.62 Å². The van der Waals surface area contributed by atoms with Gasteiger partial charge in [0.1, 0.15) is 12.1 Å². The number of amides is 1. The van der Waals surface area contributed by atoms with Gasteiger partial charge in [-0.1, -0.05) is 60.7 Å². The number of aliphatic carboxylic acids is 1. The third-order valence-corrected chi connectivity index (χ3v) is 7.20. The van der Waals surface area contributed by atoms with Crippen LogP contribution in [0.15, 0.2) is 77.7 Å². The van der Waals surface area contributed by atoms with Gasteiger partial charge in [0.25, 0.3) is 0 Å². The lowest BCUT2D eigenvalue weighted by Crippen LogP contribution is -2.52. The zero-order valence-electron chi connectivity index (χ0n) is 17.3. The fraction of sp³-hybridized carbons (Fsp3) is 0.250. The summed E-state index contributed by atoms with van der Waals surface area (Å²) in [4.78, 5) is 26.2. The number of hydrogen-bond acceptors (Lipinski definition) is 4. The zero-order valence-corrected chi connectivity index (χ0v) is 18.2. The molecule has 0 spiro atoms. The number of nitrogens with one attached hydrogen (secondary N) is 1. The molecule has 0 aliphatic carbocycles. The summed E-state index contributed by atoms with van der Waals surface area (Å²) in [7, 11) is -4.03. The molecule has 8 heteroatoms. The van der Waals surface area contributed by atoms with Crippen molar-refractivity contribution in [3.8, 4) is 0 Å². The standard InChI is InChI=1S/C24H24N2O5S/c27-23(26-14-6-11-22(26)24(28)29)21(15-17-7-2-1-3-8-17)25-32(30,31)20-13-12-18-9-4-5-10-19(18)16-20/h1-5,7-10,12-13,16,21-22,25H,6,11,14-15H2,(H,28,29)/t21-,22+/m1/s1. The number of nitrogens with zero attached hydrogens (tertiary/aromatic N) is 1. The number of carbonyl (C=O) groups is 2. The lowest BCUT2D eigenvalue weighted by Gasteiger charge is -2.27. The van der Waals surface area contributed by atoms with Crippen molar-refractivity contribution in [3.05, 3.63) is 78.4 Å². The summed E-state index contributed by atoms with van der Waals surface area (Å²) in [5, 5.41) is 11.2. The highest BCUT2D eigenvalue weighted by Crippen LogP contribution is 2.22. The summed E-state index contributed by atoms with van der Waals surface area (Å²) in [5.74, 6) is -1.60. The average Bonchev–Trinajstić information content (AvgIpc) is 3.29. The average molecular weight is 453 g/mol. The van der Waals surface area contributed by atoms with Gasteiger partial charge in [0.2, 0.25) is 15.9 Å². The summed E-state index contributed by atoms with van der Waals surface area (Å²) in [6.45, 7) is 0.290. The van der Waals surface area contributed by atoms with Crippen LogP contribution < -0.4 is 4.72 Å². The van der Waals surface area contributed by atoms with Crippen molar-refractivity contribution in [1.29, 1.82) is 0 Å². The molecule has 3 aromatic rings. The minimum atomic E-state index is -4.03. The number of sulfonamides is 1. The molecule has 1 heterocycles. The first-order valence-corrected chi connectivity index (χ1v) is 11.9. The first-order chi connectivity index (χ1) is 15.3. The van der Waals surface area contributed by atoms with Crippen LogP contribution in [-0.4, -0.2) is 48.9 Å². The van der Waals surface area contributed by atoms with Gasteiger partial charge in [-0.2, -0.15) is 4.72 Å². The molecule has 1 aliphatic rings. The minimum absolute atomic E-state index is 0.0540. The molecule has 2 N–H and O–H groups in total. The van der Waals surface area contributed by atoms with Crippen molar-refractivity contribution in [2.24, 2.45) is 0 Å². The number of hydrogen-bond donors (Lipinski definition) is 2. The monoisotopic (exact) mass is 452 g/mol. The van der Waals surface area contributed by atoms with E-state index in [1.165, 1.54) is 11.0 Å². The molecule has 0 unspecified atom stereocenters. The van der Waals surface area contributed by atoms with Gasteiger partial charge >= 0.3 is 5.97 Å². The van der Waals surface area contributed by atoms with Crippen molar-refractivity contribution >= 4 is 32.7 Å². The molecule has 7 nitrogen and oxygen atoms in total. The van der Waals surface area contributed by atoms with E-state index in [9.17, 15) is 23.1 Å². The van der Waals surface area contributed by atoms with Crippen LogP contribution in [0.2, 0.25) is 0 Å². The van der Waals surface area contributed by atoms with E-state index in [1.54, 1.807) is 12.1 Å². The highest BCUT2D eigenvalue weighted by Gasteiger charge is 2.38. The van der Waals surface area contributed by atoms with E-state index in [0.29, 0.717) is 19.4 Å². The number of carboxylic acid groups (broad SMARTS) is 1. The van der Waals surface area contributed by atoms with Gasteiger partial charge < -0.3 is 10.0 Å². The Labute approximate surface area is 186 Å². The highest BCUT2D eigenvalue weighted by atomic mass is 32.2. The molecule has 3 aromatic carbocycles. The fourth-order valence-electron chi connectivity index (χ4n) is 4.11. The van der Waals surface area contributed by atoms with E-state index in [-0.39, 0.29) is 11.3 Å². The second-order valence-corrected chi connectivity index (χ2v) is 9.61. The van der Waals surface area contributed by atoms with Gasteiger partial charge in [-0.25, -0.2) is 13.2 Å². The van der Waals surface area contributed by atoms with Crippen molar-refractivity contribution in [2.75, 3.05) is 6.54 Å². The van der Waals surface area contributed by atoms with Crippen LogP contribution in [-0.2, 0) is 26.0 Å². The maximum atomic E-state index is 13.3. The predicted octanol–water partition coefficient (Wildman–Crippen LogP) is 2.81. The molecule has 166 valence electrons. The molecule has 1 saturated heterocycles. The first-order valence-electron chi connectivity index (χ1n) is 10.4. The molecule has 0 aromatic heterocycles. The Kier molecular flexibility index (Phi) is 6.25. The highest BCUT2D eigenvalue weighted by molar-refractivity contribution is 7.89. The van der Waals surface area contributed by atoms with E-state index in [0.717, 1.165) is 16.3 Å². The summed E-state index contributed by atoms with van der Waals surface area (Å²) in [6, 6.07) is 19.2. The Morgan fingerprint density at radius 3 is 2.41 bits per heavy atom. The Morgan fingerprint density at radius 2 is 1.69 bits per heavy atom. The Balaban J connectivity index is 1.65. The van der Waals surface area contributed by atoms with Crippen LogP contribution in [0.5, 0.6) is 0 Å². The summed E-state index contributed by atoms with van der Waals surface area (Å²) in [6.07, 6.45) is 1.05. The maximum absolute atomic E-state index is 13.3. The van der Waals surface area contributed by atoms with Gasteiger partial charge in [-0.05, 0) is 47.7 Å². The van der Waals surface area contributed by atoms with Gasteiger partial charge in [0, 0.05) is 6.54 Å². The van der Waals surface area contributed by atoms with Crippen LogP contribution in [0.3, 0.4) is 0 Å². The third kappa shape index (κ3) is 4.66. The summed E-state index contributed by atoms with van der Waals surface area (Å²) in [5.41, 5.74) is 0.776. The van der Waals surface area contributed by atoms with E-state index >= 15 is 0 Å². The number of fused-ring (bicyclic) bond motifs is 1. The van der Waals surface area contributed by atoms with E-state index in [4.69, 9.17) is 0 Å². The van der Waals surface area contributed by atoms with Crippen molar-refractivity contribution < 1.29 is 23.1 Å². The number of carboxylic acids is 1. The minimum Gasteiger partial charge on any atom is -0.480 e. The molecule has 2 atom stereocenters. The van der Waals surface area contributed by atoms with Crippen LogP contribution in [0, 0.1) is 0 Å². The Bertz CT molecular complexity index is 1240. The maximum Gasteiger partial charge on any atom is 0.326 e. The third-order valence-electron chi connectivity index (χ3n) is 5.73. The molecule has 1 aliphatic heterocycles. The van der Waals surface area contributed by atoms with Crippen molar-refractivity contribution in [2.45, 2.75) is 36.2 Å². The second kappa shape index (κ2) is 9.10. The number of rotatable bonds is 7. The Morgan fingerprint density at radius 1 is 1.00 bits per heavy atom. The van der Waals surface area contributed by atoms with E-state index in [1.807, 2.05) is 54.6 Å². The lowest BCUT2D eigenvalue weighted by molar-refractivity contribution is -0.148. The van der Waals surface area contributed by atoms with Crippen LogP contribution >= 0.6 is 0 Å². The van der Waals surface area contributed by atoms with Crippen LogP contribution in [0.1, 0.15) is 18.4 Å². The lowest BCUT2D eigenvalue weighted by atomic mass is 10.1. The summed E-state index contributed by atoms with van der Waals surface area (Å²) < 4.78 is 29.0. The van der Waals surface area contributed by atoms with Gasteiger partial charge in [-0.15, -0.1) is 0 Å². The predicted molar refractivity (Wildman–Crippen MR) is 121 cm³/mol. The number of carbonyl (C=O) groups excluding carboxylic acids is 1. The van der Waals surface area contributed by atoms with Gasteiger partial charge in [-0.3, -0.25) is 4.79 Å². The van der Waals surface area contributed by atoms with Gasteiger partial charge in [0.15, 0.2) is 0 Å². The van der Waals surface area contributed by atoms with Gasteiger partial charge in [0.05, 0.1) is 4.90 Å². The molecule has 0 radical (unpaired) electrons. The number of benzene rings is 3. The molecule has 0 bridgehead atoms. The molecule has 4 rings (SSSR count). The smallest absolute Gasteiger partial charge is 0.326 e. The Hall–Kier alpha value is -3.23. The normalized spacial score (nSPS) is 17.4. The molecular weight excluding hydrogens is 428 g/mol. The molecule has 32 heavy (non-hydrogen) atoms. The molecule has 1 fully saturated rings. The van der Waals surface area contributed by atoms with E-state index < -0.39 is 34.0 Å². The van der Waals surface area contributed by atoms with Crippen molar-refractivity contribution in [3.63, 3.8) is 0 Å². The molecule has 1 amide bonds. The summed E-state index contributed by atoms with van der Waals surface area (Å²) >= 11 is 0. The fourth-order valence-corrected chi connectivity index (χ4v) is 5.33. The van der Waals surface area contributed by atoms with E-state index in [2.05, 4.69) is 4.72 Å². The molecular formula is C24H24N2O5S. The zero-order chi connectivity index (χ0) is 22.7. The molecule has 0 saturated carbocycles. The largest absolute Gasteiger partial charge is 0.480 e. The second-order valence-electron chi connectivity index (χ2n) is 7.90. The number of likely N-dealkylation sites (tertiary alicyclic amines) is 1. The topological polar surface area (TPSA) is 104 Å². The van der Waals surface area contributed by atoms with Crippen LogP contribution in [0.4, 0.5) is 0 Å².